The van der Waals surface area contributed by atoms with Crippen LogP contribution in [0.2, 0.25) is 0 Å². The van der Waals surface area contributed by atoms with Crippen molar-refractivity contribution >= 4 is 33.1 Å². The summed E-state index contributed by atoms with van der Waals surface area (Å²) in [6.07, 6.45) is 13.9. The Kier molecular flexibility index (Phi) is 4.87. The molecule has 0 bridgehead atoms. The van der Waals surface area contributed by atoms with Gasteiger partial charge >= 0.3 is 0 Å². The molecule has 2 unspecified atom stereocenters. The van der Waals surface area contributed by atoms with E-state index in [2.05, 4.69) is 150 Å². The highest BCUT2D eigenvalue weighted by atomic mass is 15.2. The van der Waals surface area contributed by atoms with Crippen molar-refractivity contribution in [1.29, 1.82) is 0 Å². The van der Waals surface area contributed by atoms with Crippen molar-refractivity contribution in [1.82, 2.24) is 4.57 Å². The van der Waals surface area contributed by atoms with E-state index in [1.165, 1.54) is 50.0 Å². The van der Waals surface area contributed by atoms with Gasteiger partial charge in [0.1, 0.15) is 0 Å². The Morgan fingerprint density at radius 3 is 2.28 bits per heavy atom. The lowest BCUT2D eigenvalue weighted by Crippen LogP contribution is -2.40. The van der Waals surface area contributed by atoms with E-state index in [1.54, 1.807) is 5.57 Å². The fourth-order valence-corrected chi connectivity index (χ4v) is 7.30. The minimum Gasteiger partial charge on any atom is -0.333 e. The summed E-state index contributed by atoms with van der Waals surface area (Å²) in [5.41, 5.74) is 10.5. The summed E-state index contributed by atoms with van der Waals surface area (Å²) in [4.78, 5) is 2.56. The molecule has 1 aliphatic heterocycles. The van der Waals surface area contributed by atoms with E-state index in [1.807, 2.05) is 0 Å². The van der Waals surface area contributed by atoms with Crippen LogP contribution in [0.4, 0.5) is 5.69 Å². The van der Waals surface area contributed by atoms with Crippen LogP contribution in [0.5, 0.6) is 0 Å². The van der Waals surface area contributed by atoms with Crippen LogP contribution in [0.15, 0.2) is 145 Å². The van der Waals surface area contributed by atoms with Crippen molar-refractivity contribution < 1.29 is 0 Å². The number of aromatic nitrogens is 1. The molecule has 1 aromatic heterocycles. The van der Waals surface area contributed by atoms with Crippen molar-refractivity contribution in [2.24, 2.45) is 5.41 Å². The van der Waals surface area contributed by atoms with Crippen LogP contribution in [0.3, 0.4) is 0 Å². The summed E-state index contributed by atoms with van der Waals surface area (Å²) < 4.78 is 2.40. The first-order valence-corrected chi connectivity index (χ1v) is 14.0. The monoisotopic (exact) mass is 502 g/mol. The molecule has 0 spiro atoms. The van der Waals surface area contributed by atoms with E-state index in [-0.39, 0.29) is 11.5 Å². The number of allylic oxidation sites excluding steroid dienone is 4. The van der Waals surface area contributed by atoms with Crippen molar-refractivity contribution in [2.75, 3.05) is 4.90 Å². The maximum absolute atomic E-state index is 2.56. The maximum atomic E-state index is 2.56. The van der Waals surface area contributed by atoms with Gasteiger partial charge in [-0.3, -0.25) is 0 Å². The van der Waals surface area contributed by atoms with Crippen LogP contribution in [0.1, 0.15) is 25.3 Å². The number of rotatable bonds is 3. The Labute approximate surface area is 229 Å². The normalized spacial score (nSPS) is 21.9. The van der Waals surface area contributed by atoms with Gasteiger partial charge in [-0.1, -0.05) is 85.0 Å². The van der Waals surface area contributed by atoms with Gasteiger partial charge in [0.05, 0.1) is 17.1 Å². The molecule has 5 aromatic rings. The molecule has 2 heterocycles. The van der Waals surface area contributed by atoms with E-state index in [4.69, 9.17) is 0 Å². The summed E-state index contributed by atoms with van der Waals surface area (Å²) in [6.45, 7) is 2.47. The largest absolute Gasteiger partial charge is 0.333 e. The molecule has 0 N–H and O–H groups in total. The molecule has 2 aliphatic carbocycles. The summed E-state index contributed by atoms with van der Waals surface area (Å²) in [6, 6.07) is 37.8. The molecular weight excluding hydrogens is 472 g/mol. The standard InChI is InChI=1S/C37H30N2/c1-37-31(19-12-22-36(37)39(28-15-6-3-7-16-28)35-21-11-9-18-32(35)37)26-23-24-34-30(25-26)29-17-8-10-20-33(29)38(34)27-13-4-2-5-14-27/h2-8,10-17,19-25,36H,9,18H2,1H3. The van der Waals surface area contributed by atoms with Crippen molar-refractivity contribution in [2.45, 2.75) is 25.8 Å². The SMILES string of the molecule is CC12C(c3ccc4c(c3)c3ccccc3n4-c3ccccc3)=CC=CC1N(c1ccccc1)C1=C2CCC=C1. The molecule has 0 fully saturated rings. The summed E-state index contributed by atoms with van der Waals surface area (Å²) in [5, 5.41) is 2.60. The number of benzene rings is 4. The van der Waals surface area contributed by atoms with Crippen LogP contribution in [-0.4, -0.2) is 10.6 Å². The lowest BCUT2D eigenvalue weighted by molar-refractivity contribution is 0.481. The van der Waals surface area contributed by atoms with Gasteiger partial charge in [-0.05, 0) is 85.0 Å². The van der Waals surface area contributed by atoms with Crippen LogP contribution in [0.25, 0.3) is 33.1 Å². The molecule has 0 saturated heterocycles. The second-order valence-corrected chi connectivity index (χ2v) is 11.0. The Morgan fingerprint density at radius 1 is 0.744 bits per heavy atom. The zero-order valence-electron chi connectivity index (χ0n) is 22.1. The first-order chi connectivity index (χ1) is 19.2. The molecule has 3 aliphatic rings. The third-order valence-electron chi connectivity index (χ3n) is 9.05. The molecule has 8 rings (SSSR count). The predicted molar refractivity (Wildman–Crippen MR) is 164 cm³/mol. The number of hydrogen-bond acceptors (Lipinski definition) is 1. The molecule has 4 aromatic carbocycles. The van der Waals surface area contributed by atoms with Crippen LogP contribution < -0.4 is 4.90 Å². The minimum absolute atomic E-state index is 0.101. The molecular formula is C37H30N2. The van der Waals surface area contributed by atoms with E-state index in [9.17, 15) is 0 Å². The summed E-state index contributed by atoms with van der Waals surface area (Å²) in [7, 11) is 0. The first kappa shape index (κ1) is 22.4. The Balaban J connectivity index is 1.33. The van der Waals surface area contributed by atoms with Gasteiger partial charge in [-0.15, -0.1) is 0 Å². The van der Waals surface area contributed by atoms with E-state index in [0.29, 0.717) is 0 Å². The molecule has 188 valence electrons. The molecule has 0 radical (unpaired) electrons. The predicted octanol–water partition coefficient (Wildman–Crippen LogP) is 9.24. The number of nitrogens with zero attached hydrogens (tertiary/aromatic N) is 2. The van der Waals surface area contributed by atoms with Gasteiger partial charge in [-0.2, -0.15) is 0 Å². The summed E-state index contributed by atoms with van der Waals surface area (Å²) in [5.74, 6) is 0. The smallest absolute Gasteiger partial charge is 0.0657 e. The molecule has 2 heteroatoms. The van der Waals surface area contributed by atoms with Crippen molar-refractivity contribution in [3.05, 3.63) is 150 Å². The van der Waals surface area contributed by atoms with E-state index < -0.39 is 0 Å². The topological polar surface area (TPSA) is 8.17 Å². The molecule has 39 heavy (non-hydrogen) atoms. The molecule has 2 nitrogen and oxygen atoms in total. The van der Waals surface area contributed by atoms with Gasteiger partial charge in [-0.25, -0.2) is 0 Å². The number of fused-ring (bicyclic) bond motifs is 5. The highest BCUT2D eigenvalue weighted by Gasteiger charge is 2.51. The van der Waals surface area contributed by atoms with Gasteiger partial charge in [0.2, 0.25) is 0 Å². The van der Waals surface area contributed by atoms with Gasteiger partial charge < -0.3 is 9.47 Å². The second kappa shape index (κ2) is 8.47. The average molecular weight is 503 g/mol. The second-order valence-electron chi connectivity index (χ2n) is 11.0. The lowest BCUT2D eigenvalue weighted by Gasteiger charge is -2.41. The Bertz CT molecular complexity index is 1870. The summed E-state index contributed by atoms with van der Waals surface area (Å²) >= 11 is 0. The van der Waals surface area contributed by atoms with Crippen LogP contribution in [0, 0.1) is 5.41 Å². The highest BCUT2D eigenvalue weighted by Crippen LogP contribution is 2.58. The minimum atomic E-state index is -0.101. The van der Waals surface area contributed by atoms with Gasteiger partial charge in [0.25, 0.3) is 0 Å². The zero-order valence-corrected chi connectivity index (χ0v) is 22.1. The lowest BCUT2D eigenvalue weighted by atomic mass is 9.66. The quantitative estimate of drug-likeness (QED) is 0.239. The van der Waals surface area contributed by atoms with Crippen molar-refractivity contribution in [3.63, 3.8) is 0 Å². The van der Waals surface area contributed by atoms with E-state index in [0.717, 1.165) is 12.8 Å². The molecule has 2 atom stereocenters. The average Bonchev–Trinajstić information content (AvgIpc) is 3.47. The Hall–Kier alpha value is -4.56. The highest BCUT2D eigenvalue weighted by molar-refractivity contribution is 6.10. The zero-order chi connectivity index (χ0) is 26.0. The van der Waals surface area contributed by atoms with Crippen LogP contribution in [-0.2, 0) is 0 Å². The molecule has 0 saturated carbocycles. The third kappa shape index (κ3) is 3.15. The van der Waals surface area contributed by atoms with Crippen molar-refractivity contribution in [3.8, 4) is 5.69 Å². The number of hydrogen-bond donors (Lipinski definition) is 0. The van der Waals surface area contributed by atoms with Gasteiger partial charge in [0.15, 0.2) is 0 Å². The fourth-order valence-electron chi connectivity index (χ4n) is 7.30. The number of para-hydroxylation sites is 3. The number of anilines is 1. The third-order valence-corrected chi connectivity index (χ3v) is 9.05. The maximum Gasteiger partial charge on any atom is 0.0657 e. The van der Waals surface area contributed by atoms with E-state index >= 15 is 0 Å². The first-order valence-electron chi connectivity index (χ1n) is 14.0. The Morgan fingerprint density at radius 2 is 1.46 bits per heavy atom. The fraction of sp³-hybridized carbons (Fsp3) is 0.135. The molecule has 0 amide bonds. The van der Waals surface area contributed by atoms with Gasteiger partial charge in [0, 0.05) is 33.3 Å². The van der Waals surface area contributed by atoms with Crippen LogP contribution >= 0.6 is 0 Å².